The Kier molecular flexibility index (Phi) is 4.92. The van der Waals surface area contributed by atoms with Crippen molar-refractivity contribution in [3.63, 3.8) is 0 Å². The molecule has 0 amide bonds. The molecule has 6 nitrogen and oxygen atoms in total. The number of nitrogens with one attached hydrogen (secondary N) is 2. The van der Waals surface area contributed by atoms with Gasteiger partial charge in [-0.15, -0.1) is 0 Å². The maximum atomic E-state index is 6.36. The van der Waals surface area contributed by atoms with E-state index in [-0.39, 0.29) is 0 Å². The molecule has 0 fully saturated rings. The number of rotatable bonds is 3. The Labute approximate surface area is 240 Å². The summed E-state index contributed by atoms with van der Waals surface area (Å²) < 4.78 is 12.6. The highest BCUT2D eigenvalue weighted by Gasteiger charge is 2.29. The third-order valence-electron chi connectivity index (χ3n) is 8.14. The molecule has 7 aromatic rings. The van der Waals surface area contributed by atoms with E-state index in [1.54, 1.807) is 0 Å². The lowest BCUT2D eigenvalue weighted by Gasteiger charge is -2.25. The smallest absolute Gasteiger partial charge is 0.202 e. The number of furan rings is 2. The third kappa shape index (κ3) is 3.52. The van der Waals surface area contributed by atoms with E-state index in [2.05, 4.69) is 77.4 Å². The molecule has 0 aliphatic carbocycles. The second-order valence-electron chi connectivity index (χ2n) is 10.6. The fourth-order valence-corrected chi connectivity index (χ4v) is 6.21. The second-order valence-corrected chi connectivity index (χ2v) is 10.6. The van der Waals surface area contributed by atoms with Crippen molar-refractivity contribution in [1.29, 1.82) is 0 Å². The molecule has 1 atom stereocenters. The van der Waals surface area contributed by atoms with Crippen LogP contribution in [0, 0.1) is 0 Å². The molecule has 9 rings (SSSR count). The predicted molar refractivity (Wildman–Crippen MR) is 170 cm³/mol. The Hall–Kier alpha value is -5.62. The minimum Gasteiger partial charge on any atom is -0.456 e. The number of aliphatic imine (C=N–C) groups is 2. The molecule has 6 heteroatoms. The van der Waals surface area contributed by atoms with Crippen LogP contribution >= 0.6 is 0 Å². The highest BCUT2D eigenvalue weighted by molar-refractivity contribution is 6.34. The van der Waals surface area contributed by atoms with Crippen molar-refractivity contribution in [2.24, 2.45) is 9.98 Å². The Morgan fingerprint density at radius 2 is 1.40 bits per heavy atom. The fourth-order valence-electron chi connectivity index (χ4n) is 6.21. The average molecular weight is 545 g/mol. The number of nitrogens with zero attached hydrogens (tertiary/aromatic N) is 2. The lowest BCUT2D eigenvalue weighted by Crippen LogP contribution is -2.37. The van der Waals surface area contributed by atoms with Crippen LogP contribution in [0.2, 0.25) is 0 Å². The van der Waals surface area contributed by atoms with Gasteiger partial charge in [0.25, 0.3) is 0 Å². The maximum absolute atomic E-state index is 6.36. The molecule has 2 aliphatic rings. The van der Waals surface area contributed by atoms with Crippen LogP contribution in [0.3, 0.4) is 0 Å². The van der Waals surface area contributed by atoms with Gasteiger partial charge in [0.05, 0.1) is 5.56 Å². The van der Waals surface area contributed by atoms with Crippen LogP contribution in [0.5, 0.6) is 0 Å². The van der Waals surface area contributed by atoms with E-state index in [1.165, 1.54) is 5.39 Å². The van der Waals surface area contributed by atoms with E-state index in [4.69, 9.17) is 18.8 Å². The molecule has 4 heterocycles. The SMILES string of the molecule is C1=C(C2=NC(c3ccccc3)N=C(c3cccc4oc5ccccc5c34)N2)c2c(oc3cc4ccccc4cc23)NC1. The summed E-state index contributed by atoms with van der Waals surface area (Å²) in [6.45, 7) is 0.632. The summed E-state index contributed by atoms with van der Waals surface area (Å²) in [5.74, 6) is 2.27. The van der Waals surface area contributed by atoms with Crippen molar-refractivity contribution >= 4 is 66.8 Å². The Balaban J connectivity index is 1.24. The van der Waals surface area contributed by atoms with E-state index >= 15 is 0 Å². The summed E-state index contributed by atoms with van der Waals surface area (Å²) >= 11 is 0. The van der Waals surface area contributed by atoms with Gasteiger partial charge in [0.2, 0.25) is 5.88 Å². The van der Waals surface area contributed by atoms with Crippen LogP contribution in [0.25, 0.3) is 49.3 Å². The van der Waals surface area contributed by atoms with Gasteiger partial charge in [-0.2, -0.15) is 0 Å². The van der Waals surface area contributed by atoms with Crippen LogP contribution in [-0.4, -0.2) is 18.2 Å². The van der Waals surface area contributed by atoms with Crippen molar-refractivity contribution in [2.75, 3.05) is 11.9 Å². The molecule has 1 unspecified atom stereocenters. The van der Waals surface area contributed by atoms with E-state index in [0.717, 1.165) is 78.1 Å². The number of hydrogen-bond acceptors (Lipinski definition) is 6. The second kappa shape index (κ2) is 8.94. The zero-order valence-electron chi connectivity index (χ0n) is 22.5. The van der Waals surface area contributed by atoms with Crippen LogP contribution < -0.4 is 10.6 Å². The number of hydrogen-bond donors (Lipinski definition) is 2. The summed E-state index contributed by atoms with van der Waals surface area (Å²) in [6.07, 6.45) is 1.76. The molecule has 0 saturated heterocycles. The number of benzene rings is 5. The summed E-state index contributed by atoms with van der Waals surface area (Å²) in [5, 5.41) is 12.5. The first-order chi connectivity index (χ1) is 20.8. The van der Waals surface area contributed by atoms with Gasteiger partial charge in [0.15, 0.2) is 6.17 Å². The van der Waals surface area contributed by atoms with Gasteiger partial charge in [0.1, 0.15) is 28.4 Å². The molecule has 2 aromatic heterocycles. The third-order valence-corrected chi connectivity index (χ3v) is 8.14. The fraction of sp³-hybridized carbons (Fsp3) is 0.0556. The first kappa shape index (κ1) is 23.1. The van der Waals surface area contributed by atoms with Crippen LogP contribution in [0.15, 0.2) is 134 Å². The number of anilines is 1. The standard InChI is InChI=1S/C36H24N4O2/c1-2-9-21(10-3-1)33-38-34(25-14-8-16-29-31(25)24-13-6-7-15-28(24)41-29)40-35(39-33)26-17-18-37-36-32(26)27-19-22-11-4-5-12-23(22)20-30(27)42-36/h1-17,19-20,33,37H,18H2,(H,38,39,40). The van der Waals surface area contributed by atoms with Crippen molar-refractivity contribution in [3.8, 4) is 0 Å². The quantitative estimate of drug-likeness (QED) is 0.234. The molecule has 42 heavy (non-hydrogen) atoms. The first-order valence-corrected chi connectivity index (χ1v) is 14.1. The normalized spacial score (nSPS) is 16.6. The van der Waals surface area contributed by atoms with Gasteiger partial charge >= 0.3 is 0 Å². The zero-order chi connectivity index (χ0) is 27.6. The van der Waals surface area contributed by atoms with Gasteiger partial charge in [-0.05, 0) is 40.6 Å². The first-order valence-electron chi connectivity index (χ1n) is 14.1. The lowest BCUT2D eigenvalue weighted by atomic mass is 9.97. The molecule has 0 spiro atoms. The van der Waals surface area contributed by atoms with E-state index in [9.17, 15) is 0 Å². The molecule has 5 aromatic carbocycles. The van der Waals surface area contributed by atoms with E-state index in [1.807, 2.05) is 48.5 Å². The number of para-hydroxylation sites is 1. The summed E-state index contributed by atoms with van der Waals surface area (Å²) in [7, 11) is 0. The summed E-state index contributed by atoms with van der Waals surface area (Å²) in [4.78, 5) is 10.3. The predicted octanol–water partition coefficient (Wildman–Crippen LogP) is 8.44. The highest BCUT2D eigenvalue weighted by Crippen LogP contribution is 2.41. The van der Waals surface area contributed by atoms with Gasteiger partial charge < -0.3 is 19.5 Å². The molecule has 0 saturated carbocycles. The van der Waals surface area contributed by atoms with E-state index < -0.39 is 6.17 Å². The van der Waals surface area contributed by atoms with Crippen molar-refractivity contribution in [2.45, 2.75) is 6.17 Å². The molecule has 0 radical (unpaired) electrons. The van der Waals surface area contributed by atoms with Gasteiger partial charge in [0, 0.05) is 33.8 Å². The Morgan fingerprint density at radius 1 is 0.643 bits per heavy atom. The minimum atomic E-state index is -0.413. The van der Waals surface area contributed by atoms with Gasteiger partial charge in [-0.1, -0.05) is 91.0 Å². The van der Waals surface area contributed by atoms with Crippen molar-refractivity contribution in [1.82, 2.24) is 5.32 Å². The molecule has 200 valence electrons. The Morgan fingerprint density at radius 3 is 2.31 bits per heavy atom. The highest BCUT2D eigenvalue weighted by atomic mass is 16.4. The Bertz CT molecular complexity index is 2290. The van der Waals surface area contributed by atoms with Crippen molar-refractivity contribution in [3.05, 3.63) is 132 Å². The minimum absolute atomic E-state index is 0.413. The molecule has 2 aliphatic heterocycles. The zero-order valence-corrected chi connectivity index (χ0v) is 22.5. The monoisotopic (exact) mass is 544 g/mol. The molecular formula is C36H24N4O2. The molecular weight excluding hydrogens is 520 g/mol. The van der Waals surface area contributed by atoms with Crippen LogP contribution in [0.1, 0.15) is 22.9 Å². The summed E-state index contributed by atoms with van der Waals surface area (Å²) in [5.41, 5.74) is 6.53. The molecule has 0 bridgehead atoms. The lowest BCUT2D eigenvalue weighted by molar-refractivity contribution is 0.628. The average Bonchev–Trinajstić information content (AvgIpc) is 3.61. The maximum Gasteiger partial charge on any atom is 0.202 e. The van der Waals surface area contributed by atoms with Crippen LogP contribution in [0.4, 0.5) is 5.88 Å². The van der Waals surface area contributed by atoms with Crippen molar-refractivity contribution < 1.29 is 8.83 Å². The summed E-state index contributed by atoms with van der Waals surface area (Å²) in [6, 6.07) is 37.2. The molecule has 2 N–H and O–H groups in total. The number of amidine groups is 2. The van der Waals surface area contributed by atoms with Crippen LogP contribution in [-0.2, 0) is 0 Å². The number of fused-ring (bicyclic) bond motifs is 7. The van der Waals surface area contributed by atoms with Gasteiger partial charge in [-0.3, -0.25) is 0 Å². The topological polar surface area (TPSA) is 75.1 Å². The largest absolute Gasteiger partial charge is 0.456 e. The van der Waals surface area contributed by atoms with E-state index in [0.29, 0.717) is 6.54 Å². The van der Waals surface area contributed by atoms with Gasteiger partial charge in [-0.25, -0.2) is 9.98 Å².